The lowest BCUT2D eigenvalue weighted by Crippen LogP contribution is -2.31. The Hall–Kier alpha value is -1.59. The van der Waals surface area contributed by atoms with Crippen molar-refractivity contribution in [1.29, 1.82) is 0 Å². The van der Waals surface area contributed by atoms with Gasteiger partial charge in [-0.25, -0.2) is 0 Å². The van der Waals surface area contributed by atoms with Gasteiger partial charge in [-0.3, -0.25) is 0 Å². The fraction of sp³-hybridized carbons (Fsp3) is 0.786. The minimum Gasteiger partial charge on any atom is -0.463 e. The number of nitrogens with one attached hydrogen (secondary N) is 2. The van der Waals surface area contributed by atoms with Crippen LogP contribution in [0.25, 0.3) is 0 Å². The smallest absolute Gasteiger partial charge is 0.323 e. The van der Waals surface area contributed by atoms with Gasteiger partial charge in [-0.05, 0) is 39.0 Å². The molecule has 0 saturated heterocycles. The highest BCUT2D eigenvalue weighted by molar-refractivity contribution is 5.36. The lowest BCUT2D eigenvalue weighted by molar-refractivity contribution is 0.281. The molecular formula is C14H25N5O. The predicted molar refractivity (Wildman–Crippen MR) is 80.2 cm³/mol. The van der Waals surface area contributed by atoms with Crippen molar-refractivity contribution < 1.29 is 4.74 Å². The van der Waals surface area contributed by atoms with E-state index in [9.17, 15) is 0 Å². The van der Waals surface area contributed by atoms with Crippen LogP contribution in [0, 0.1) is 5.92 Å². The summed E-state index contributed by atoms with van der Waals surface area (Å²) in [4.78, 5) is 13.0. The summed E-state index contributed by atoms with van der Waals surface area (Å²) in [6.45, 7) is 7.65. The molecule has 6 heteroatoms. The zero-order chi connectivity index (χ0) is 14.4. The van der Waals surface area contributed by atoms with E-state index >= 15 is 0 Å². The van der Waals surface area contributed by atoms with Crippen LogP contribution in [0.1, 0.15) is 46.5 Å². The molecule has 1 aliphatic carbocycles. The third kappa shape index (κ3) is 3.95. The molecule has 1 atom stereocenters. The molecule has 1 aromatic rings. The third-order valence-corrected chi connectivity index (χ3v) is 3.60. The Morgan fingerprint density at radius 3 is 2.55 bits per heavy atom. The van der Waals surface area contributed by atoms with Gasteiger partial charge >= 0.3 is 6.01 Å². The second-order valence-corrected chi connectivity index (χ2v) is 5.27. The predicted octanol–water partition coefficient (Wildman–Crippen LogP) is 2.69. The number of anilines is 2. The molecule has 0 spiro atoms. The topological polar surface area (TPSA) is 72.0 Å². The Labute approximate surface area is 120 Å². The lowest BCUT2D eigenvalue weighted by Gasteiger charge is -2.31. The van der Waals surface area contributed by atoms with Crippen LogP contribution >= 0.6 is 0 Å². The normalized spacial score (nSPS) is 16.4. The van der Waals surface area contributed by atoms with Gasteiger partial charge in [-0.15, -0.1) is 0 Å². The molecule has 2 rings (SSSR count). The van der Waals surface area contributed by atoms with Crippen LogP contribution in [0.3, 0.4) is 0 Å². The molecule has 0 bridgehead atoms. The van der Waals surface area contributed by atoms with Crippen LogP contribution in [-0.4, -0.2) is 34.1 Å². The fourth-order valence-corrected chi connectivity index (χ4v) is 2.18. The first-order chi connectivity index (χ1) is 9.72. The van der Waals surface area contributed by atoms with Gasteiger partial charge in [-0.1, -0.05) is 13.3 Å². The highest BCUT2D eigenvalue weighted by Crippen LogP contribution is 2.30. The largest absolute Gasteiger partial charge is 0.463 e. The summed E-state index contributed by atoms with van der Waals surface area (Å²) >= 11 is 0. The Balaban J connectivity index is 2.06. The van der Waals surface area contributed by atoms with E-state index in [-0.39, 0.29) is 0 Å². The molecule has 0 aliphatic heterocycles. The monoisotopic (exact) mass is 279 g/mol. The Morgan fingerprint density at radius 1 is 1.20 bits per heavy atom. The van der Waals surface area contributed by atoms with E-state index in [1.165, 1.54) is 19.3 Å². The van der Waals surface area contributed by atoms with Gasteiger partial charge in [0.05, 0.1) is 6.61 Å². The first-order valence-corrected chi connectivity index (χ1v) is 7.62. The van der Waals surface area contributed by atoms with E-state index < -0.39 is 0 Å². The minimum atomic E-state index is 0.389. The van der Waals surface area contributed by atoms with Crippen molar-refractivity contribution in [3.63, 3.8) is 0 Å². The van der Waals surface area contributed by atoms with Gasteiger partial charge in [0.25, 0.3) is 0 Å². The second-order valence-electron chi connectivity index (χ2n) is 5.27. The summed E-state index contributed by atoms with van der Waals surface area (Å²) < 4.78 is 5.52. The zero-order valence-corrected chi connectivity index (χ0v) is 12.6. The minimum absolute atomic E-state index is 0.389. The number of aromatic nitrogens is 3. The SMILES string of the molecule is CCCOc1nc(NCC)nc(NC(C)C2CCC2)n1. The molecule has 112 valence electrons. The van der Waals surface area contributed by atoms with Gasteiger partial charge in [0, 0.05) is 12.6 Å². The molecule has 1 saturated carbocycles. The molecule has 1 fully saturated rings. The summed E-state index contributed by atoms with van der Waals surface area (Å²) in [5.41, 5.74) is 0. The Morgan fingerprint density at radius 2 is 1.95 bits per heavy atom. The number of hydrogen-bond donors (Lipinski definition) is 2. The van der Waals surface area contributed by atoms with Crippen molar-refractivity contribution in [2.75, 3.05) is 23.8 Å². The van der Waals surface area contributed by atoms with Crippen molar-refractivity contribution in [3.05, 3.63) is 0 Å². The lowest BCUT2D eigenvalue weighted by atomic mass is 9.80. The van der Waals surface area contributed by atoms with E-state index in [0.29, 0.717) is 30.6 Å². The first-order valence-electron chi connectivity index (χ1n) is 7.62. The average Bonchev–Trinajstić information content (AvgIpc) is 2.34. The van der Waals surface area contributed by atoms with Crippen LogP contribution in [0.2, 0.25) is 0 Å². The number of hydrogen-bond acceptors (Lipinski definition) is 6. The van der Waals surface area contributed by atoms with Gasteiger partial charge in [0.1, 0.15) is 0 Å². The summed E-state index contributed by atoms with van der Waals surface area (Å²) in [6.07, 6.45) is 4.85. The molecule has 0 aromatic carbocycles. The molecule has 1 heterocycles. The van der Waals surface area contributed by atoms with Crippen molar-refractivity contribution in [1.82, 2.24) is 15.0 Å². The summed E-state index contributed by atoms with van der Waals surface area (Å²) in [6, 6.07) is 0.778. The van der Waals surface area contributed by atoms with Gasteiger partial charge < -0.3 is 15.4 Å². The van der Waals surface area contributed by atoms with Crippen LogP contribution in [0.5, 0.6) is 6.01 Å². The van der Waals surface area contributed by atoms with Crippen LogP contribution in [-0.2, 0) is 0 Å². The highest BCUT2D eigenvalue weighted by atomic mass is 16.5. The van der Waals surface area contributed by atoms with Gasteiger partial charge in [-0.2, -0.15) is 15.0 Å². The van der Waals surface area contributed by atoms with E-state index in [2.05, 4.69) is 39.4 Å². The molecule has 20 heavy (non-hydrogen) atoms. The first kappa shape index (κ1) is 14.8. The van der Waals surface area contributed by atoms with Crippen LogP contribution in [0.4, 0.5) is 11.9 Å². The molecule has 1 aliphatic rings. The summed E-state index contributed by atoms with van der Waals surface area (Å²) in [7, 11) is 0. The van der Waals surface area contributed by atoms with E-state index in [1.54, 1.807) is 0 Å². The Kier molecular flexibility index (Phi) is 5.38. The number of rotatable bonds is 8. The maximum atomic E-state index is 5.52. The highest BCUT2D eigenvalue weighted by Gasteiger charge is 2.24. The van der Waals surface area contributed by atoms with Crippen molar-refractivity contribution in [3.8, 4) is 6.01 Å². The van der Waals surface area contributed by atoms with Crippen LogP contribution in [0.15, 0.2) is 0 Å². The molecule has 0 radical (unpaired) electrons. The second kappa shape index (κ2) is 7.26. The van der Waals surface area contributed by atoms with Crippen LogP contribution < -0.4 is 15.4 Å². The molecule has 2 N–H and O–H groups in total. The average molecular weight is 279 g/mol. The maximum Gasteiger partial charge on any atom is 0.323 e. The third-order valence-electron chi connectivity index (χ3n) is 3.60. The van der Waals surface area contributed by atoms with Crippen molar-refractivity contribution >= 4 is 11.9 Å². The number of nitrogens with zero attached hydrogens (tertiary/aromatic N) is 3. The fourth-order valence-electron chi connectivity index (χ4n) is 2.18. The Bertz CT molecular complexity index is 422. The van der Waals surface area contributed by atoms with Crippen molar-refractivity contribution in [2.45, 2.75) is 52.5 Å². The van der Waals surface area contributed by atoms with E-state index in [1.807, 2.05) is 6.92 Å². The quantitative estimate of drug-likeness (QED) is 0.762. The molecule has 1 aromatic heterocycles. The molecule has 6 nitrogen and oxygen atoms in total. The van der Waals surface area contributed by atoms with Gasteiger partial charge in [0.2, 0.25) is 11.9 Å². The van der Waals surface area contributed by atoms with Crippen molar-refractivity contribution in [2.24, 2.45) is 5.92 Å². The van der Waals surface area contributed by atoms with Gasteiger partial charge in [0.15, 0.2) is 0 Å². The van der Waals surface area contributed by atoms with E-state index in [0.717, 1.165) is 18.9 Å². The molecular weight excluding hydrogens is 254 g/mol. The number of ether oxygens (including phenoxy) is 1. The maximum absolute atomic E-state index is 5.52. The van der Waals surface area contributed by atoms with E-state index in [4.69, 9.17) is 4.74 Å². The molecule has 1 unspecified atom stereocenters. The molecule has 0 amide bonds. The zero-order valence-electron chi connectivity index (χ0n) is 12.6. The summed E-state index contributed by atoms with van der Waals surface area (Å²) in [5.74, 6) is 1.90. The summed E-state index contributed by atoms with van der Waals surface area (Å²) in [5, 5.41) is 6.49. The standard InChI is InChI=1S/C14H25N5O/c1-4-9-20-14-18-12(15-5-2)17-13(19-14)16-10(3)11-7-6-8-11/h10-11H,4-9H2,1-3H3,(H2,15,16,17,18,19).